The Morgan fingerprint density at radius 1 is 1.06 bits per heavy atom. The Labute approximate surface area is 107 Å². The molecule has 0 saturated carbocycles. The number of nitrogens with one attached hydrogen (secondary N) is 1. The Morgan fingerprint density at radius 2 is 1.82 bits per heavy atom. The lowest BCUT2D eigenvalue weighted by Gasteiger charge is -2.19. The molecule has 3 heteroatoms. The lowest BCUT2D eigenvalue weighted by Crippen LogP contribution is -2.22. The highest BCUT2D eigenvalue weighted by atomic mass is 35.5. The topological polar surface area (TPSA) is 25.2 Å². The minimum atomic E-state index is 0.163. The Morgan fingerprint density at radius 3 is 2.47 bits per heavy atom. The summed E-state index contributed by atoms with van der Waals surface area (Å²) >= 11 is 6.16. The van der Waals surface area contributed by atoms with Gasteiger partial charge in [0.05, 0.1) is 12.3 Å². The molecule has 2 nitrogen and oxygen atoms in total. The molecule has 0 aliphatic carbocycles. The first-order valence-corrected chi connectivity index (χ1v) is 6.10. The molecule has 0 aliphatic rings. The summed E-state index contributed by atoms with van der Waals surface area (Å²) in [5, 5.41) is 4.25. The molecule has 0 saturated heterocycles. The third-order valence-corrected chi connectivity index (χ3v) is 3.19. The van der Waals surface area contributed by atoms with Gasteiger partial charge in [0.2, 0.25) is 0 Å². The van der Waals surface area contributed by atoms with Crippen molar-refractivity contribution in [2.24, 2.45) is 0 Å². The van der Waals surface area contributed by atoms with Crippen LogP contribution in [0.5, 0.6) is 0 Å². The highest BCUT2D eigenvalue weighted by Crippen LogP contribution is 2.25. The average molecular weight is 250 g/mol. The van der Waals surface area contributed by atoms with Crippen molar-refractivity contribution >= 4 is 11.6 Å². The van der Waals surface area contributed by atoms with Crippen molar-refractivity contribution in [2.45, 2.75) is 25.9 Å². The molecule has 2 aromatic rings. The highest BCUT2D eigenvalue weighted by Gasteiger charge is 2.14. The van der Waals surface area contributed by atoms with Crippen LogP contribution in [0.1, 0.15) is 37.3 Å². The monoisotopic (exact) mass is 249 g/mol. The zero-order valence-electron chi connectivity index (χ0n) is 9.98. The predicted octanol–water partition coefficient (Wildman–Crippen LogP) is 4.34. The van der Waals surface area contributed by atoms with Gasteiger partial charge in [-0.2, -0.15) is 0 Å². The van der Waals surface area contributed by atoms with Crippen molar-refractivity contribution in [3.63, 3.8) is 0 Å². The summed E-state index contributed by atoms with van der Waals surface area (Å²) in [5.41, 5.74) is 1.10. The molecule has 0 radical (unpaired) electrons. The van der Waals surface area contributed by atoms with E-state index in [0.717, 1.165) is 16.3 Å². The fraction of sp³-hybridized carbons (Fsp3) is 0.286. The minimum absolute atomic E-state index is 0.163. The Hall–Kier alpha value is -1.25. The smallest absolute Gasteiger partial charge is 0.120 e. The average Bonchev–Trinajstić information content (AvgIpc) is 2.82. The summed E-state index contributed by atoms with van der Waals surface area (Å²) in [4.78, 5) is 0. The van der Waals surface area contributed by atoms with Gasteiger partial charge in [-0.25, -0.2) is 0 Å². The molecule has 2 atom stereocenters. The molecule has 1 unspecified atom stereocenters. The molecule has 2 rings (SSSR count). The van der Waals surface area contributed by atoms with Gasteiger partial charge in [0, 0.05) is 11.1 Å². The molecule has 0 bridgehead atoms. The summed E-state index contributed by atoms with van der Waals surface area (Å²) in [7, 11) is 0. The van der Waals surface area contributed by atoms with E-state index in [1.165, 1.54) is 0 Å². The fourth-order valence-electron chi connectivity index (χ4n) is 1.91. The van der Waals surface area contributed by atoms with Crippen molar-refractivity contribution in [2.75, 3.05) is 0 Å². The predicted molar refractivity (Wildman–Crippen MR) is 70.1 cm³/mol. The number of furan rings is 1. The lowest BCUT2D eigenvalue weighted by molar-refractivity contribution is 0.403. The van der Waals surface area contributed by atoms with Gasteiger partial charge in [-0.3, -0.25) is 0 Å². The standard InChI is InChI=1S/C14H16ClNO/c1-10(12-6-3-4-7-13(12)15)16-11(2)14-8-5-9-17-14/h3-11,16H,1-2H3/t10-,11?/m0/s1. The normalized spacial score (nSPS) is 14.5. The second-order valence-electron chi connectivity index (χ2n) is 4.15. The Balaban J connectivity index is 2.07. The highest BCUT2D eigenvalue weighted by molar-refractivity contribution is 6.31. The number of hydrogen-bond acceptors (Lipinski definition) is 2. The number of hydrogen-bond donors (Lipinski definition) is 1. The Kier molecular flexibility index (Phi) is 3.87. The van der Waals surface area contributed by atoms with Gasteiger partial charge >= 0.3 is 0 Å². The molecule has 90 valence electrons. The second-order valence-corrected chi connectivity index (χ2v) is 4.55. The van der Waals surface area contributed by atoms with Crippen LogP contribution in [-0.4, -0.2) is 0 Å². The zero-order valence-corrected chi connectivity index (χ0v) is 10.7. The molecule has 1 heterocycles. The van der Waals surface area contributed by atoms with Gasteiger partial charge in [-0.15, -0.1) is 0 Å². The molecular formula is C14H16ClNO. The van der Waals surface area contributed by atoms with Gasteiger partial charge in [-0.05, 0) is 37.6 Å². The van der Waals surface area contributed by atoms with Crippen LogP contribution in [0, 0.1) is 0 Å². The fourth-order valence-corrected chi connectivity index (χ4v) is 2.21. The largest absolute Gasteiger partial charge is 0.468 e. The van der Waals surface area contributed by atoms with Gasteiger partial charge in [0.25, 0.3) is 0 Å². The van der Waals surface area contributed by atoms with Crippen molar-refractivity contribution in [1.82, 2.24) is 5.32 Å². The van der Waals surface area contributed by atoms with E-state index in [1.807, 2.05) is 36.4 Å². The molecule has 17 heavy (non-hydrogen) atoms. The molecule has 1 N–H and O–H groups in total. The molecule has 0 spiro atoms. The lowest BCUT2D eigenvalue weighted by atomic mass is 10.1. The quantitative estimate of drug-likeness (QED) is 0.872. The van der Waals surface area contributed by atoms with Crippen LogP contribution in [0.4, 0.5) is 0 Å². The second kappa shape index (κ2) is 5.39. The van der Waals surface area contributed by atoms with Gasteiger partial charge in [0.1, 0.15) is 5.76 Å². The van der Waals surface area contributed by atoms with E-state index in [9.17, 15) is 0 Å². The van der Waals surface area contributed by atoms with Crippen LogP contribution < -0.4 is 5.32 Å². The third-order valence-electron chi connectivity index (χ3n) is 2.84. The summed E-state index contributed by atoms with van der Waals surface area (Å²) < 4.78 is 5.37. The van der Waals surface area contributed by atoms with E-state index in [-0.39, 0.29) is 12.1 Å². The van der Waals surface area contributed by atoms with E-state index in [2.05, 4.69) is 19.2 Å². The van der Waals surface area contributed by atoms with E-state index in [1.54, 1.807) is 6.26 Å². The molecule has 0 amide bonds. The first-order valence-electron chi connectivity index (χ1n) is 5.72. The van der Waals surface area contributed by atoms with E-state index in [4.69, 9.17) is 16.0 Å². The minimum Gasteiger partial charge on any atom is -0.468 e. The van der Waals surface area contributed by atoms with Crippen LogP contribution in [0.3, 0.4) is 0 Å². The molecular weight excluding hydrogens is 234 g/mol. The van der Waals surface area contributed by atoms with Crippen LogP contribution >= 0.6 is 11.6 Å². The Bertz CT molecular complexity index is 467. The van der Waals surface area contributed by atoms with Crippen molar-refractivity contribution in [3.05, 3.63) is 59.0 Å². The summed E-state index contributed by atoms with van der Waals surface area (Å²) in [5.74, 6) is 0.934. The maximum atomic E-state index is 6.16. The number of benzene rings is 1. The van der Waals surface area contributed by atoms with Gasteiger partial charge in [0.15, 0.2) is 0 Å². The molecule has 0 fully saturated rings. The van der Waals surface area contributed by atoms with Crippen LogP contribution in [-0.2, 0) is 0 Å². The number of halogens is 1. The molecule has 0 aliphatic heterocycles. The third kappa shape index (κ3) is 2.90. The zero-order chi connectivity index (χ0) is 12.3. The summed E-state index contributed by atoms with van der Waals surface area (Å²) in [6, 6.07) is 12.1. The van der Waals surface area contributed by atoms with E-state index >= 15 is 0 Å². The van der Waals surface area contributed by atoms with Gasteiger partial charge < -0.3 is 9.73 Å². The van der Waals surface area contributed by atoms with E-state index in [0.29, 0.717) is 0 Å². The van der Waals surface area contributed by atoms with Crippen molar-refractivity contribution in [3.8, 4) is 0 Å². The molecule has 1 aromatic carbocycles. The van der Waals surface area contributed by atoms with Crippen molar-refractivity contribution < 1.29 is 4.42 Å². The van der Waals surface area contributed by atoms with Crippen LogP contribution in [0.15, 0.2) is 47.1 Å². The first-order chi connectivity index (χ1) is 8.18. The first kappa shape index (κ1) is 12.2. The maximum Gasteiger partial charge on any atom is 0.120 e. The van der Waals surface area contributed by atoms with Gasteiger partial charge in [-0.1, -0.05) is 29.8 Å². The van der Waals surface area contributed by atoms with Crippen molar-refractivity contribution in [1.29, 1.82) is 0 Å². The summed E-state index contributed by atoms with van der Waals surface area (Å²) in [6.45, 7) is 4.17. The SMILES string of the molecule is CC(N[C@@H](C)c1ccccc1Cl)c1ccco1. The van der Waals surface area contributed by atoms with Crippen LogP contribution in [0.25, 0.3) is 0 Å². The maximum absolute atomic E-state index is 6.16. The summed E-state index contributed by atoms with van der Waals surface area (Å²) in [6.07, 6.45) is 1.69. The number of rotatable bonds is 4. The van der Waals surface area contributed by atoms with Crippen LogP contribution in [0.2, 0.25) is 5.02 Å². The molecule has 1 aromatic heterocycles. The van der Waals surface area contributed by atoms with E-state index < -0.39 is 0 Å².